The number of aliphatic carboxylic acids is 1. The van der Waals surface area contributed by atoms with Crippen LogP contribution in [-0.4, -0.2) is 77.2 Å². The minimum atomic E-state index is -0.723. The fourth-order valence-electron chi connectivity index (χ4n) is 6.49. The number of carboxylic acid groups (broad SMARTS) is 1. The third-order valence-electron chi connectivity index (χ3n) is 9.27. The smallest absolute Gasteiger partial charge is 0.410 e. The van der Waals surface area contributed by atoms with Crippen molar-refractivity contribution in [3.05, 3.63) is 76.9 Å². The number of carboxylic acids is 1. The molecule has 5 rings (SSSR count). The number of carbonyl (C=O) groups excluding carboxylic acids is 2. The third-order valence-corrected chi connectivity index (χ3v) is 9.27. The number of benzene rings is 3. The Bertz CT molecular complexity index is 1720. The molecule has 3 aromatic carbocycles. The minimum Gasteiger partial charge on any atom is -0.481 e. The number of piperidine rings is 1. The van der Waals surface area contributed by atoms with E-state index in [1.54, 1.807) is 4.90 Å². The zero-order chi connectivity index (χ0) is 35.1. The lowest BCUT2D eigenvalue weighted by Gasteiger charge is -2.40. The fraction of sp³-hybridized carbons (Fsp3) is 0.475. The summed E-state index contributed by atoms with van der Waals surface area (Å²) in [6.45, 7) is 13.6. The van der Waals surface area contributed by atoms with Gasteiger partial charge in [0.05, 0.1) is 12.1 Å². The topological polar surface area (TPSA) is 111 Å². The number of nitrogens with zero attached hydrogens (tertiary/aromatic N) is 2. The molecule has 0 aliphatic carbocycles. The molecule has 3 aromatic rings. The van der Waals surface area contributed by atoms with Crippen LogP contribution in [0.2, 0.25) is 0 Å². The highest BCUT2D eigenvalue weighted by Gasteiger charge is 2.33. The highest BCUT2D eigenvalue weighted by Crippen LogP contribution is 2.28. The summed E-state index contributed by atoms with van der Waals surface area (Å²) in [4.78, 5) is 40.7. The lowest BCUT2D eigenvalue weighted by Crippen LogP contribution is -2.57. The van der Waals surface area contributed by atoms with E-state index in [-0.39, 0.29) is 30.5 Å². The lowest BCUT2D eigenvalue weighted by molar-refractivity contribution is -0.137. The van der Waals surface area contributed by atoms with Crippen LogP contribution >= 0.6 is 0 Å². The number of likely N-dealkylation sites (tertiary alicyclic amines) is 2. The van der Waals surface area contributed by atoms with Crippen molar-refractivity contribution in [1.29, 1.82) is 0 Å². The van der Waals surface area contributed by atoms with Crippen LogP contribution in [0.5, 0.6) is 0 Å². The lowest BCUT2D eigenvalue weighted by atomic mass is 9.94. The molecule has 2 amide bonds. The first-order valence-electron chi connectivity index (χ1n) is 17.5. The molecule has 0 aromatic heterocycles. The summed E-state index contributed by atoms with van der Waals surface area (Å²) in [5.41, 5.74) is 3.84. The molecule has 0 radical (unpaired) electrons. The minimum absolute atomic E-state index is 0.0905. The molecule has 0 unspecified atom stereocenters. The highest BCUT2D eigenvalue weighted by atomic mass is 16.6. The standard InChI is InChI=1S/C40H50N4O5/c1-27-13-17-31(42-32-25-44(26-32)39(48)49-40(3,4)5)24-36(27)38(47)41-28(2)33-18-16-30(34-10-6-7-11-35(33)34)15-14-29-19-22-43(23-20-29)21-9-8-12-37(45)46/h6-7,10-11,13,16-18,24,28-29,32,42H,8-9,12,19-23,25-26H2,1-5H3,(H,41,47)(H,45,46)/t28-/m0/s1. The van der Waals surface area contributed by atoms with E-state index in [0.717, 1.165) is 78.5 Å². The summed E-state index contributed by atoms with van der Waals surface area (Å²) in [5, 5.41) is 17.7. The van der Waals surface area contributed by atoms with E-state index < -0.39 is 11.6 Å². The normalized spacial score (nSPS) is 16.3. The first-order chi connectivity index (χ1) is 23.4. The van der Waals surface area contributed by atoms with E-state index in [1.165, 1.54) is 0 Å². The molecule has 0 saturated carbocycles. The summed E-state index contributed by atoms with van der Waals surface area (Å²) in [7, 11) is 0. The Balaban J connectivity index is 1.19. The molecule has 260 valence electrons. The molecule has 2 fully saturated rings. The Hall–Kier alpha value is -4.55. The second-order valence-corrected chi connectivity index (χ2v) is 14.4. The Kier molecular flexibility index (Phi) is 11.5. The summed E-state index contributed by atoms with van der Waals surface area (Å²) in [6, 6.07) is 18.0. The summed E-state index contributed by atoms with van der Waals surface area (Å²) < 4.78 is 5.46. The Morgan fingerprint density at radius 1 is 1.00 bits per heavy atom. The molecule has 1 atom stereocenters. The van der Waals surface area contributed by atoms with Crippen LogP contribution in [0.1, 0.15) is 92.9 Å². The summed E-state index contributed by atoms with van der Waals surface area (Å²) in [6.07, 6.45) is 3.62. The van der Waals surface area contributed by atoms with Crippen LogP contribution in [0, 0.1) is 24.7 Å². The second-order valence-electron chi connectivity index (χ2n) is 14.4. The maximum atomic E-state index is 13.6. The molecular weight excluding hydrogens is 616 g/mol. The maximum Gasteiger partial charge on any atom is 0.410 e. The molecule has 2 aliphatic heterocycles. The van der Waals surface area contributed by atoms with Gasteiger partial charge in [0.15, 0.2) is 0 Å². The molecule has 9 nitrogen and oxygen atoms in total. The van der Waals surface area contributed by atoms with Crippen molar-refractivity contribution in [2.45, 2.75) is 84.4 Å². The highest BCUT2D eigenvalue weighted by molar-refractivity contribution is 5.97. The Morgan fingerprint density at radius 3 is 2.41 bits per heavy atom. The number of amides is 2. The van der Waals surface area contributed by atoms with Crippen molar-refractivity contribution in [3.63, 3.8) is 0 Å². The molecule has 2 saturated heterocycles. The molecular formula is C40H50N4O5. The van der Waals surface area contributed by atoms with E-state index in [2.05, 4.69) is 51.6 Å². The van der Waals surface area contributed by atoms with Gasteiger partial charge in [0.25, 0.3) is 5.91 Å². The van der Waals surface area contributed by atoms with E-state index in [0.29, 0.717) is 24.6 Å². The Labute approximate surface area is 290 Å². The quantitative estimate of drug-likeness (QED) is 0.158. The molecule has 0 spiro atoms. The molecule has 0 bridgehead atoms. The van der Waals surface area contributed by atoms with E-state index in [4.69, 9.17) is 9.84 Å². The van der Waals surface area contributed by atoms with Gasteiger partial charge in [-0.05, 0) is 120 Å². The number of nitrogens with one attached hydrogen (secondary N) is 2. The van der Waals surface area contributed by atoms with Crippen LogP contribution in [-0.2, 0) is 9.53 Å². The van der Waals surface area contributed by atoms with Gasteiger partial charge in [0.1, 0.15) is 5.60 Å². The van der Waals surface area contributed by atoms with E-state index in [9.17, 15) is 14.4 Å². The second kappa shape index (κ2) is 15.8. The molecule has 2 heterocycles. The van der Waals surface area contributed by atoms with Gasteiger partial charge in [-0.1, -0.05) is 48.2 Å². The van der Waals surface area contributed by atoms with Gasteiger partial charge in [-0.25, -0.2) is 4.79 Å². The van der Waals surface area contributed by atoms with Crippen molar-refractivity contribution in [2.75, 3.05) is 38.0 Å². The van der Waals surface area contributed by atoms with Gasteiger partial charge >= 0.3 is 12.1 Å². The van der Waals surface area contributed by atoms with Gasteiger partial charge in [0, 0.05) is 42.2 Å². The van der Waals surface area contributed by atoms with Crippen LogP contribution in [0.4, 0.5) is 10.5 Å². The monoisotopic (exact) mass is 666 g/mol. The molecule has 9 heteroatoms. The van der Waals surface area contributed by atoms with E-state index in [1.807, 2.05) is 65.0 Å². The number of fused-ring (bicyclic) bond motifs is 1. The molecule has 49 heavy (non-hydrogen) atoms. The SMILES string of the molecule is Cc1ccc(NC2CN(C(=O)OC(C)(C)C)C2)cc1C(=O)N[C@@H](C)c1ccc(C#CC2CCN(CCCCC(=O)O)CC2)c2ccccc12. The summed E-state index contributed by atoms with van der Waals surface area (Å²) in [5.74, 6) is 6.48. The predicted octanol–water partition coefficient (Wildman–Crippen LogP) is 6.99. The van der Waals surface area contributed by atoms with Gasteiger partial charge in [-0.3, -0.25) is 9.59 Å². The van der Waals surface area contributed by atoms with Gasteiger partial charge in [-0.15, -0.1) is 0 Å². The van der Waals surface area contributed by atoms with Crippen molar-refractivity contribution in [1.82, 2.24) is 15.1 Å². The van der Waals surface area contributed by atoms with Crippen LogP contribution in [0.15, 0.2) is 54.6 Å². The average Bonchev–Trinajstić information content (AvgIpc) is 3.03. The number of hydrogen-bond acceptors (Lipinski definition) is 6. The predicted molar refractivity (Wildman–Crippen MR) is 194 cm³/mol. The van der Waals surface area contributed by atoms with E-state index >= 15 is 0 Å². The van der Waals surface area contributed by atoms with Gasteiger partial charge in [-0.2, -0.15) is 0 Å². The molecule has 2 aliphatic rings. The number of hydrogen-bond donors (Lipinski definition) is 3. The number of unbranched alkanes of at least 4 members (excludes halogenated alkanes) is 1. The number of rotatable bonds is 10. The first kappa shape index (κ1) is 35.7. The van der Waals surface area contributed by atoms with Crippen molar-refractivity contribution >= 4 is 34.4 Å². The number of carbonyl (C=O) groups is 3. The first-order valence-corrected chi connectivity index (χ1v) is 17.5. The third kappa shape index (κ3) is 9.76. The largest absolute Gasteiger partial charge is 0.481 e. The van der Waals surface area contributed by atoms with Crippen LogP contribution < -0.4 is 10.6 Å². The Morgan fingerprint density at radius 2 is 1.71 bits per heavy atom. The fourth-order valence-corrected chi connectivity index (χ4v) is 6.49. The average molecular weight is 667 g/mol. The number of ether oxygens (including phenoxy) is 1. The summed E-state index contributed by atoms with van der Waals surface area (Å²) >= 11 is 0. The zero-order valence-corrected chi connectivity index (χ0v) is 29.5. The van der Waals surface area contributed by atoms with Gasteiger partial charge < -0.3 is 30.3 Å². The van der Waals surface area contributed by atoms with Crippen LogP contribution in [0.25, 0.3) is 10.8 Å². The number of aryl methyl sites for hydroxylation is 1. The zero-order valence-electron chi connectivity index (χ0n) is 29.5. The van der Waals surface area contributed by atoms with Crippen molar-refractivity contribution < 1.29 is 24.2 Å². The van der Waals surface area contributed by atoms with Crippen LogP contribution in [0.3, 0.4) is 0 Å². The van der Waals surface area contributed by atoms with Gasteiger partial charge in [0.2, 0.25) is 0 Å². The van der Waals surface area contributed by atoms with Crippen molar-refractivity contribution in [3.8, 4) is 11.8 Å². The molecule has 3 N–H and O–H groups in total. The number of anilines is 1. The maximum absolute atomic E-state index is 13.6. The van der Waals surface area contributed by atoms with Crippen molar-refractivity contribution in [2.24, 2.45) is 5.92 Å².